The Hall–Kier alpha value is -8.98. The molecule has 0 aliphatic heterocycles. The molecular weight excluding hydrogens is 821 g/mol. The highest BCUT2D eigenvalue weighted by Crippen LogP contribution is 2.46. The second kappa shape index (κ2) is 16.5. The SMILES string of the molecule is c1ccc(-c2cccc(N(c3cccc(-c4cc5ccccc5c5ccccc45)c3)c3ccc(-c4ccccc4-n4c5ccccc5c5cc6ccccc6cc54)cc3-c3ccccc3)c2)cc1. The summed E-state index contributed by atoms with van der Waals surface area (Å²) in [5.74, 6) is 0. The van der Waals surface area contributed by atoms with Gasteiger partial charge in [-0.3, -0.25) is 0 Å². The normalized spacial score (nSPS) is 11.5. The number of nitrogens with zero attached hydrogens (tertiary/aromatic N) is 2. The Morgan fingerprint density at radius 2 is 0.809 bits per heavy atom. The van der Waals surface area contributed by atoms with Crippen molar-refractivity contribution in [1.29, 1.82) is 0 Å². The maximum Gasteiger partial charge on any atom is 0.0547 e. The quantitative estimate of drug-likeness (QED) is 0.138. The predicted octanol–water partition coefficient (Wildman–Crippen LogP) is 18.4. The van der Waals surface area contributed by atoms with E-state index in [9.17, 15) is 0 Å². The lowest BCUT2D eigenvalue weighted by atomic mass is 9.92. The number of hydrogen-bond donors (Lipinski definition) is 0. The van der Waals surface area contributed by atoms with Crippen molar-refractivity contribution in [3.05, 3.63) is 267 Å². The van der Waals surface area contributed by atoms with Gasteiger partial charge in [-0.25, -0.2) is 0 Å². The lowest BCUT2D eigenvalue weighted by molar-refractivity contribution is 1.18. The molecule has 0 N–H and O–H groups in total. The fraction of sp³-hybridized carbons (Fsp3) is 0. The van der Waals surface area contributed by atoms with Crippen LogP contribution in [0.5, 0.6) is 0 Å². The van der Waals surface area contributed by atoms with Crippen LogP contribution in [0.15, 0.2) is 267 Å². The summed E-state index contributed by atoms with van der Waals surface area (Å²) < 4.78 is 2.46. The van der Waals surface area contributed by atoms with Gasteiger partial charge >= 0.3 is 0 Å². The van der Waals surface area contributed by atoms with Crippen molar-refractivity contribution in [2.45, 2.75) is 0 Å². The molecular formula is C66H44N2. The van der Waals surface area contributed by atoms with Crippen molar-refractivity contribution in [2.75, 3.05) is 4.90 Å². The van der Waals surface area contributed by atoms with Gasteiger partial charge in [0.05, 0.1) is 22.4 Å². The summed E-state index contributed by atoms with van der Waals surface area (Å²) in [4.78, 5) is 2.45. The standard InChI is InChI=1S/C66H44N2/c1-3-19-45(20-4-1)47-26-17-28-53(39-47)67(54-29-18-27-50(40-54)60-42-51-25-9-10-30-55(51)57-32-11-12-33-58(57)60)65-38-37-52(43-61(65)46-21-5-2-6-22-46)56-31-13-15-35-63(56)68-64-36-16-14-34-59(64)62-41-48-23-7-8-24-49(48)44-66(62)68/h1-44H. The fourth-order valence-electron chi connectivity index (χ4n) is 10.6. The average molecular weight is 865 g/mol. The number of rotatable bonds is 8. The molecule has 0 bridgehead atoms. The molecule has 1 aromatic heterocycles. The minimum atomic E-state index is 1.08. The van der Waals surface area contributed by atoms with Gasteiger partial charge < -0.3 is 9.47 Å². The summed E-state index contributed by atoms with van der Waals surface area (Å²) in [6, 6.07) is 97.7. The summed E-state index contributed by atoms with van der Waals surface area (Å²) in [6.45, 7) is 0. The molecule has 1 heterocycles. The number of hydrogen-bond acceptors (Lipinski definition) is 1. The van der Waals surface area contributed by atoms with Gasteiger partial charge in [-0.15, -0.1) is 0 Å². The lowest BCUT2D eigenvalue weighted by Gasteiger charge is -2.29. The van der Waals surface area contributed by atoms with E-state index >= 15 is 0 Å². The monoisotopic (exact) mass is 864 g/mol. The Balaban J connectivity index is 1.04. The summed E-state index contributed by atoms with van der Waals surface area (Å²) in [6.07, 6.45) is 0. The molecule has 13 rings (SSSR count). The Kier molecular flexibility index (Phi) is 9.54. The minimum absolute atomic E-state index is 1.08. The van der Waals surface area contributed by atoms with Crippen LogP contribution < -0.4 is 4.90 Å². The number of benzene rings is 12. The lowest BCUT2D eigenvalue weighted by Crippen LogP contribution is -2.12. The van der Waals surface area contributed by atoms with E-state index in [1.165, 1.54) is 70.8 Å². The summed E-state index contributed by atoms with van der Waals surface area (Å²) in [5.41, 5.74) is 16.1. The van der Waals surface area contributed by atoms with E-state index in [1.807, 2.05) is 0 Å². The summed E-state index contributed by atoms with van der Waals surface area (Å²) >= 11 is 0. The smallest absolute Gasteiger partial charge is 0.0547 e. The van der Waals surface area contributed by atoms with E-state index in [-0.39, 0.29) is 0 Å². The molecule has 0 spiro atoms. The van der Waals surface area contributed by atoms with Crippen LogP contribution in [0.4, 0.5) is 17.1 Å². The van der Waals surface area contributed by atoms with Crippen LogP contribution in [0.3, 0.4) is 0 Å². The third-order valence-corrected chi connectivity index (χ3v) is 13.7. The van der Waals surface area contributed by atoms with Crippen LogP contribution in [-0.2, 0) is 0 Å². The molecule has 0 aliphatic rings. The van der Waals surface area contributed by atoms with Crippen LogP contribution in [-0.4, -0.2) is 4.57 Å². The highest BCUT2D eigenvalue weighted by Gasteiger charge is 2.22. The van der Waals surface area contributed by atoms with Crippen molar-refractivity contribution in [3.8, 4) is 50.2 Å². The van der Waals surface area contributed by atoms with Gasteiger partial charge in [0.15, 0.2) is 0 Å². The predicted molar refractivity (Wildman–Crippen MR) is 290 cm³/mol. The molecule has 0 unspecified atom stereocenters. The Morgan fingerprint density at radius 1 is 0.250 bits per heavy atom. The first-order valence-corrected chi connectivity index (χ1v) is 23.4. The molecule has 0 aliphatic carbocycles. The molecule has 318 valence electrons. The molecule has 0 saturated heterocycles. The maximum absolute atomic E-state index is 2.46. The third-order valence-electron chi connectivity index (χ3n) is 13.7. The van der Waals surface area contributed by atoms with Gasteiger partial charge in [0.1, 0.15) is 0 Å². The molecule has 0 saturated carbocycles. The molecule has 13 aromatic rings. The molecule has 2 heteroatoms. The van der Waals surface area contributed by atoms with Crippen molar-refractivity contribution < 1.29 is 0 Å². The first-order valence-electron chi connectivity index (χ1n) is 23.4. The van der Waals surface area contributed by atoms with Gasteiger partial charge in [-0.05, 0) is 132 Å². The van der Waals surface area contributed by atoms with Crippen LogP contribution in [0, 0.1) is 0 Å². The largest absolute Gasteiger partial charge is 0.310 e. The zero-order valence-corrected chi connectivity index (χ0v) is 37.3. The van der Waals surface area contributed by atoms with Crippen LogP contribution in [0.1, 0.15) is 0 Å². The highest BCUT2D eigenvalue weighted by atomic mass is 15.1. The number of anilines is 3. The van der Waals surface area contributed by atoms with E-state index in [1.54, 1.807) is 0 Å². The maximum atomic E-state index is 2.46. The van der Waals surface area contributed by atoms with Crippen molar-refractivity contribution in [3.63, 3.8) is 0 Å². The van der Waals surface area contributed by atoms with Gasteiger partial charge in [0, 0.05) is 33.3 Å². The van der Waals surface area contributed by atoms with Crippen molar-refractivity contribution >= 4 is 71.2 Å². The van der Waals surface area contributed by atoms with Gasteiger partial charge in [-0.1, -0.05) is 200 Å². The minimum Gasteiger partial charge on any atom is -0.310 e. The second-order valence-electron chi connectivity index (χ2n) is 17.7. The van der Waals surface area contributed by atoms with Crippen molar-refractivity contribution in [2.24, 2.45) is 0 Å². The molecule has 0 amide bonds. The second-order valence-corrected chi connectivity index (χ2v) is 17.7. The first kappa shape index (κ1) is 39.4. The van der Waals surface area contributed by atoms with Crippen LogP contribution in [0.2, 0.25) is 0 Å². The van der Waals surface area contributed by atoms with E-state index < -0.39 is 0 Å². The Bertz CT molecular complexity index is 4030. The van der Waals surface area contributed by atoms with Gasteiger partial charge in [-0.2, -0.15) is 0 Å². The van der Waals surface area contributed by atoms with E-state index in [4.69, 9.17) is 0 Å². The van der Waals surface area contributed by atoms with Gasteiger partial charge in [0.2, 0.25) is 0 Å². The Labute approximate surface area is 395 Å². The van der Waals surface area contributed by atoms with E-state index in [2.05, 4.69) is 276 Å². The zero-order chi connectivity index (χ0) is 45.0. The van der Waals surface area contributed by atoms with E-state index in [0.29, 0.717) is 0 Å². The molecule has 0 radical (unpaired) electrons. The van der Waals surface area contributed by atoms with Crippen LogP contribution in [0.25, 0.3) is 104 Å². The van der Waals surface area contributed by atoms with Crippen LogP contribution >= 0.6 is 0 Å². The average Bonchev–Trinajstić information content (AvgIpc) is 3.73. The van der Waals surface area contributed by atoms with E-state index in [0.717, 1.165) is 50.6 Å². The molecule has 68 heavy (non-hydrogen) atoms. The number of fused-ring (bicyclic) bond motifs is 7. The molecule has 0 fully saturated rings. The third kappa shape index (κ3) is 6.73. The zero-order valence-electron chi connectivity index (χ0n) is 37.3. The Morgan fingerprint density at radius 3 is 1.59 bits per heavy atom. The first-order chi connectivity index (χ1) is 33.7. The number of para-hydroxylation sites is 2. The molecule has 2 nitrogen and oxygen atoms in total. The number of aromatic nitrogens is 1. The van der Waals surface area contributed by atoms with Gasteiger partial charge in [0.25, 0.3) is 0 Å². The highest BCUT2D eigenvalue weighted by molar-refractivity contribution is 6.15. The van der Waals surface area contributed by atoms with Crippen molar-refractivity contribution in [1.82, 2.24) is 4.57 Å². The fourth-order valence-corrected chi connectivity index (χ4v) is 10.6. The topological polar surface area (TPSA) is 8.17 Å². The summed E-state index contributed by atoms with van der Waals surface area (Å²) in [7, 11) is 0. The molecule has 0 atom stereocenters. The summed E-state index contributed by atoms with van der Waals surface area (Å²) in [5, 5.41) is 9.97. The molecule has 12 aromatic carbocycles.